The first-order valence-corrected chi connectivity index (χ1v) is 9.96. The first-order valence-electron chi connectivity index (χ1n) is 9.96. The minimum atomic E-state index is -0.576. The highest BCUT2D eigenvalue weighted by Crippen LogP contribution is 2.36. The summed E-state index contributed by atoms with van der Waals surface area (Å²) in [6.45, 7) is 7.04. The second-order valence-corrected chi connectivity index (χ2v) is 7.75. The molecular weight excluding hydrogens is 368 g/mol. The first-order chi connectivity index (χ1) is 13.4. The fraction of sp³-hybridized carbons (Fsp3) is 1.00. The van der Waals surface area contributed by atoms with E-state index in [2.05, 4.69) is 13.8 Å². The molecule has 2 heterocycles. The standard InChI is InChI=1S/C20H38O8/c1-11-16(23-6)13(3)26-15(10-22-5)18(11)28-20-19(25-8)12(2)17(24-7)14(27-20)9-21-4/h11-20H,9-10H2,1-8H3. The summed E-state index contributed by atoms with van der Waals surface area (Å²) in [5, 5.41) is 0. The van der Waals surface area contributed by atoms with Gasteiger partial charge in [-0.2, -0.15) is 0 Å². The van der Waals surface area contributed by atoms with Crippen LogP contribution in [0.5, 0.6) is 0 Å². The predicted molar refractivity (Wildman–Crippen MR) is 102 cm³/mol. The van der Waals surface area contributed by atoms with Gasteiger partial charge in [0.25, 0.3) is 0 Å². The average molecular weight is 407 g/mol. The van der Waals surface area contributed by atoms with Gasteiger partial charge in [-0.3, -0.25) is 0 Å². The Bertz CT molecular complexity index is 446. The van der Waals surface area contributed by atoms with Crippen molar-refractivity contribution in [1.29, 1.82) is 0 Å². The van der Waals surface area contributed by atoms with E-state index in [1.165, 1.54) is 0 Å². The third-order valence-corrected chi connectivity index (χ3v) is 6.00. The van der Waals surface area contributed by atoms with Gasteiger partial charge >= 0.3 is 0 Å². The zero-order valence-corrected chi connectivity index (χ0v) is 18.5. The molecule has 0 aliphatic carbocycles. The highest BCUT2D eigenvalue weighted by molar-refractivity contribution is 4.93. The van der Waals surface area contributed by atoms with Gasteiger partial charge < -0.3 is 37.9 Å². The van der Waals surface area contributed by atoms with Crippen LogP contribution >= 0.6 is 0 Å². The lowest BCUT2D eigenvalue weighted by Crippen LogP contribution is -2.61. The molecule has 0 N–H and O–H groups in total. The molecule has 8 nitrogen and oxygen atoms in total. The van der Waals surface area contributed by atoms with Crippen LogP contribution < -0.4 is 0 Å². The fourth-order valence-corrected chi connectivity index (χ4v) is 4.66. The molecule has 2 aliphatic rings. The summed E-state index contributed by atoms with van der Waals surface area (Å²) in [5.74, 6) is 0.151. The van der Waals surface area contributed by atoms with Gasteiger partial charge in [0.1, 0.15) is 18.3 Å². The summed E-state index contributed by atoms with van der Waals surface area (Å²) in [7, 11) is 8.35. The zero-order valence-electron chi connectivity index (χ0n) is 18.5. The first kappa shape index (κ1) is 24.0. The molecule has 0 bridgehead atoms. The van der Waals surface area contributed by atoms with E-state index in [1.807, 2.05) is 6.92 Å². The minimum absolute atomic E-state index is 0.0523. The lowest BCUT2D eigenvalue weighted by Gasteiger charge is -2.49. The van der Waals surface area contributed by atoms with Crippen LogP contribution in [0, 0.1) is 11.8 Å². The number of hydrogen-bond acceptors (Lipinski definition) is 8. The molecule has 166 valence electrons. The molecule has 0 aromatic rings. The van der Waals surface area contributed by atoms with Gasteiger partial charge in [-0.15, -0.1) is 0 Å². The Morgan fingerprint density at radius 2 is 1.11 bits per heavy atom. The van der Waals surface area contributed by atoms with E-state index in [4.69, 9.17) is 37.9 Å². The van der Waals surface area contributed by atoms with Gasteiger partial charge in [-0.1, -0.05) is 13.8 Å². The Kier molecular flexibility index (Phi) is 9.56. The summed E-state index contributed by atoms with van der Waals surface area (Å²) < 4.78 is 46.7. The van der Waals surface area contributed by atoms with E-state index in [0.717, 1.165) is 0 Å². The monoisotopic (exact) mass is 406 g/mol. The van der Waals surface area contributed by atoms with Crippen molar-refractivity contribution in [1.82, 2.24) is 0 Å². The molecule has 0 aromatic carbocycles. The number of hydrogen-bond donors (Lipinski definition) is 0. The molecule has 10 unspecified atom stereocenters. The quantitative estimate of drug-likeness (QED) is 0.570. The summed E-state index contributed by atoms with van der Waals surface area (Å²) in [6, 6.07) is 0. The lowest BCUT2D eigenvalue weighted by atomic mass is 9.87. The predicted octanol–water partition coefficient (Wildman–Crippen LogP) is 1.49. The van der Waals surface area contributed by atoms with Crippen molar-refractivity contribution in [2.75, 3.05) is 48.8 Å². The Hall–Kier alpha value is -0.320. The maximum Gasteiger partial charge on any atom is 0.185 e. The smallest absolute Gasteiger partial charge is 0.185 e. The molecule has 8 heteroatoms. The molecule has 2 fully saturated rings. The van der Waals surface area contributed by atoms with Gasteiger partial charge in [-0.25, -0.2) is 0 Å². The van der Waals surface area contributed by atoms with Gasteiger partial charge in [0.05, 0.1) is 37.6 Å². The number of methoxy groups -OCH3 is 5. The van der Waals surface area contributed by atoms with Crippen LogP contribution in [0.2, 0.25) is 0 Å². The third kappa shape index (κ3) is 5.05. The molecule has 0 radical (unpaired) electrons. The van der Waals surface area contributed by atoms with Crippen molar-refractivity contribution in [2.24, 2.45) is 11.8 Å². The van der Waals surface area contributed by atoms with Crippen LogP contribution in [0.1, 0.15) is 20.8 Å². The van der Waals surface area contributed by atoms with Crippen LogP contribution in [-0.4, -0.2) is 97.8 Å². The SMILES string of the molecule is COCC1OC(C)C(OC)C(C)C1OC1OC(COC)C(OC)C(C)C1OC. The second kappa shape index (κ2) is 11.2. The van der Waals surface area contributed by atoms with Crippen LogP contribution in [0.3, 0.4) is 0 Å². The Morgan fingerprint density at radius 3 is 1.61 bits per heavy atom. The lowest BCUT2D eigenvalue weighted by molar-refractivity contribution is -0.334. The molecular formula is C20H38O8. The molecule has 0 aromatic heterocycles. The average Bonchev–Trinajstić information content (AvgIpc) is 2.66. The maximum atomic E-state index is 6.49. The van der Waals surface area contributed by atoms with E-state index in [9.17, 15) is 0 Å². The Morgan fingerprint density at radius 1 is 0.607 bits per heavy atom. The summed E-state index contributed by atoms with van der Waals surface area (Å²) in [5.41, 5.74) is 0. The molecule has 28 heavy (non-hydrogen) atoms. The zero-order chi connectivity index (χ0) is 20.8. The topological polar surface area (TPSA) is 73.8 Å². The maximum absolute atomic E-state index is 6.49. The summed E-state index contributed by atoms with van der Waals surface area (Å²) in [4.78, 5) is 0. The van der Waals surface area contributed by atoms with Gasteiger partial charge in [0, 0.05) is 47.4 Å². The van der Waals surface area contributed by atoms with Crippen molar-refractivity contribution < 1.29 is 37.9 Å². The van der Waals surface area contributed by atoms with Gasteiger partial charge in [0.2, 0.25) is 0 Å². The molecule has 2 rings (SSSR count). The van der Waals surface area contributed by atoms with Crippen LogP contribution in [-0.2, 0) is 37.9 Å². The van der Waals surface area contributed by atoms with Crippen molar-refractivity contribution in [3.8, 4) is 0 Å². The van der Waals surface area contributed by atoms with Crippen molar-refractivity contribution in [2.45, 2.75) is 69.8 Å². The summed E-state index contributed by atoms with van der Waals surface area (Å²) in [6.07, 6.45) is -1.88. The molecule has 0 spiro atoms. The van der Waals surface area contributed by atoms with E-state index >= 15 is 0 Å². The largest absolute Gasteiger partial charge is 0.382 e. The minimum Gasteiger partial charge on any atom is -0.382 e. The molecule has 0 amide bonds. The Labute approximate surface area is 169 Å². The normalized spacial score (nSPS) is 44.6. The number of ether oxygens (including phenoxy) is 8. The number of rotatable bonds is 9. The van der Waals surface area contributed by atoms with Crippen LogP contribution in [0.4, 0.5) is 0 Å². The summed E-state index contributed by atoms with van der Waals surface area (Å²) >= 11 is 0. The van der Waals surface area contributed by atoms with E-state index in [1.54, 1.807) is 35.5 Å². The van der Waals surface area contributed by atoms with Crippen LogP contribution in [0.25, 0.3) is 0 Å². The van der Waals surface area contributed by atoms with Crippen LogP contribution in [0.15, 0.2) is 0 Å². The molecule has 2 saturated heterocycles. The van der Waals surface area contributed by atoms with Gasteiger partial charge in [-0.05, 0) is 6.92 Å². The second-order valence-electron chi connectivity index (χ2n) is 7.75. The molecule has 0 saturated carbocycles. The third-order valence-electron chi connectivity index (χ3n) is 6.00. The van der Waals surface area contributed by atoms with E-state index in [-0.39, 0.29) is 54.6 Å². The van der Waals surface area contributed by atoms with Crippen molar-refractivity contribution in [3.05, 3.63) is 0 Å². The Balaban J connectivity index is 2.22. The van der Waals surface area contributed by atoms with Gasteiger partial charge in [0.15, 0.2) is 6.29 Å². The highest BCUT2D eigenvalue weighted by Gasteiger charge is 2.49. The highest BCUT2D eigenvalue weighted by atomic mass is 16.7. The molecule has 10 atom stereocenters. The molecule has 2 aliphatic heterocycles. The van der Waals surface area contributed by atoms with Crippen molar-refractivity contribution in [3.63, 3.8) is 0 Å². The van der Waals surface area contributed by atoms with Crippen molar-refractivity contribution >= 4 is 0 Å². The van der Waals surface area contributed by atoms with E-state index < -0.39 is 6.29 Å². The van der Waals surface area contributed by atoms with E-state index in [0.29, 0.717) is 13.2 Å². The fourth-order valence-electron chi connectivity index (χ4n) is 4.66.